The molecular weight excluding hydrogens is 150 g/mol. The summed E-state index contributed by atoms with van der Waals surface area (Å²) >= 11 is 0. The Bertz CT molecular complexity index is 190. The second kappa shape index (κ2) is 2.84. The first kappa shape index (κ1) is 8.24. The monoisotopic (exact) mass is 167 g/mol. The van der Waals surface area contributed by atoms with Gasteiger partial charge < -0.3 is 5.32 Å². The number of carbonyl (C=O) groups excluding carboxylic acids is 1. The maximum atomic E-state index is 11.9. The molecule has 0 amide bonds. The van der Waals surface area contributed by atoms with Gasteiger partial charge in [0.2, 0.25) is 0 Å². The second-order valence-corrected chi connectivity index (χ2v) is 4.18. The highest BCUT2D eigenvalue weighted by Gasteiger charge is 2.45. The van der Waals surface area contributed by atoms with Gasteiger partial charge in [-0.25, -0.2) is 0 Å². The summed E-state index contributed by atoms with van der Waals surface area (Å²) in [6.45, 7) is 0. The zero-order valence-electron chi connectivity index (χ0n) is 7.73. The molecule has 0 aromatic rings. The molecule has 2 saturated carbocycles. The van der Waals surface area contributed by atoms with Gasteiger partial charge in [0.05, 0.1) is 5.54 Å². The highest BCUT2D eigenvalue weighted by atomic mass is 16.1. The van der Waals surface area contributed by atoms with Crippen LogP contribution in [0.3, 0.4) is 0 Å². The molecule has 12 heavy (non-hydrogen) atoms. The Hall–Kier alpha value is -0.370. The van der Waals surface area contributed by atoms with Gasteiger partial charge in [-0.3, -0.25) is 4.79 Å². The van der Waals surface area contributed by atoms with Crippen LogP contribution in [-0.2, 0) is 4.79 Å². The Balaban J connectivity index is 2.09. The lowest BCUT2D eigenvalue weighted by molar-refractivity contribution is -0.126. The first-order valence-corrected chi connectivity index (χ1v) is 5.02. The van der Waals surface area contributed by atoms with Crippen LogP contribution in [0, 0.1) is 5.92 Å². The maximum absolute atomic E-state index is 11.9. The van der Waals surface area contributed by atoms with Crippen molar-refractivity contribution in [1.29, 1.82) is 0 Å². The van der Waals surface area contributed by atoms with E-state index in [2.05, 4.69) is 5.32 Å². The van der Waals surface area contributed by atoms with Crippen molar-refractivity contribution < 1.29 is 4.79 Å². The van der Waals surface area contributed by atoms with E-state index in [4.69, 9.17) is 0 Å². The number of hydrogen-bond acceptors (Lipinski definition) is 2. The predicted molar refractivity (Wildman–Crippen MR) is 48.0 cm³/mol. The fourth-order valence-corrected chi connectivity index (χ4v) is 2.33. The van der Waals surface area contributed by atoms with E-state index in [1.807, 2.05) is 7.05 Å². The number of hydrogen-bond donors (Lipinski definition) is 1. The van der Waals surface area contributed by atoms with Crippen LogP contribution >= 0.6 is 0 Å². The molecule has 2 nitrogen and oxygen atoms in total. The van der Waals surface area contributed by atoms with E-state index < -0.39 is 0 Å². The fraction of sp³-hybridized carbons (Fsp3) is 0.900. The third-order valence-electron chi connectivity index (χ3n) is 3.36. The third kappa shape index (κ3) is 1.18. The normalized spacial score (nSPS) is 27.4. The SMILES string of the molecule is CNC1(C(=O)C2CC2)CCCC1. The minimum Gasteiger partial charge on any atom is -0.308 e. The number of nitrogens with one attached hydrogen (secondary N) is 1. The van der Waals surface area contributed by atoms with E-state index in [0.29, 0.717) is 11.7 Å². The van der Waals surface area contributed by atoms with E-state index in [9.17, 15) is 4.79 Å². The number of rotatable bonds is 3. The fourth-order valence-electron chi connectivity index (χ4n) is 2.33. The van der Waals surface area contributed by atoms with E-state index in [1.165, 1.54) is 12.8 Å². The van der Waals surface area contributed by atoms with E-state index in [-0.39, 0.29) is 5.54 Å². The standard InChI is InChI=1S/C10H17NO/c1-11-10(6-2-3-7-10)9(12)8-4-5-8/h8,11H,2-7H2,1H3. The molecule has 0 atom stereocenters. The summed E-state index contributed by atoms with van der Waals surface area (Å²) in [6, 6.07) is 0. The van der Waals surface area contributed by atoms with Crippen molar-refractivity contribution >= 4 is 5.78 Å². The van der Waals surface area contributed by atoms with Crippen molar-refractivity contribution in [1.82, 2.24) is 5.32 Å². The van der Waals surface area contributed by atoms with Crippen LogP contribution in [0.2, 0.25) is 0 Å². The molecule has 2 heteroatoms. The van der Waals surface area contributed by atoms with E-state index >= 15 is 0 Å². The van der Waals surface area contributed by atoms with Gasteiger partial charge in [0.25, 0.3) is 0 Å². The number of Topliss-reactive ketones (excluding diaryl/α,β-unsaturated/α-hetero) is 1. The van der Waals surface area contributed by atoms with Gasteiger partial charge in [-0.1, -0.05) is 12.8 Å². The zero-order chi connectivity index (χ0) is 8.60. The number of carbonyl (C=O) groups is 1. The summed E-state index contributed by atoms with van der Waals surface area (Å²) in [5.41, 5.74) is -0.110. The largest absolute Gasteiger partial charge is 0.308 e. The first-order chi connectivity index (χ1) is 5.78. The molecule has 0 aromatic carbocycles. The lowest BCUT2D eigenvalue weighted by Gasteiger charge is -2.26. The average Bonchev–Trinajstić information content (AvgIpc) is 2.83. The Morgan fingerprint density at radius 2 is 1.92 bits per heavy atom. The van der Waals surface area contributed by atoms with E-state index in [0.717, 1.165) is 25.7 Å². The molecule has 2 fully saturated rings. The number of ketones is 1. The molecule has 2 aliphatic carbocycles. The molecule has 68 valence electrons. The van der Waals surface area contributed by atoms with Crippen LogP contribution in [-0.4, -0.2) is 18.4 Å². The Morgan fingerprint density at radius 1 is 1.33 bits per heavy atom. The summed E-state index contributed by atoms with van der Waals surface area (Å²) in [4.78, 5) is 11.9. The van der Waals surface area contributed by atoms with Crippen LogP contribution in [0.4, 0.5) is 0 Å². The first-order valence-electron chi connectivity index (χ1n) is 5.02. The van der Waals surface area contributed by atoms with Crippen LogP contribution in [0.25, 0.3) is 0 Å². The smallest absolute Gasteiger partial charge is 0.155 e. The molecule has 0 aromatic heterocycles. The Kier molecular flexibility index (Phi) is 1.95. The van der Waals surface area contributed by atoms with Gasteiger partial charge in [-0.2, -0.15) is 0 Å². The quantitative estimate of drug-likeness (QED) is 0.690. The lowest BCUT2D eigenvalue weighted by Crippen LogP contribution is -2.48. The zero-order valence-corrected chi connectivity index (χ0v) is 7.73. The van der Waals surface area contributed by atoms with Crippen molar-refractivity contribution in [2.45, 2.75) is 44.1 Å². The minimum absolute atomic E-state index is 0.110. The minimum atomic E-state index is -0.110. The summed E-state index contributed by atoms with van der Waals surface area (Å²) in [5, 5.41) is 3.25. The van der Waals surface area contributed by atoms with Crippen LogP contribution in [0.1, 0.15) is 38.5 Å². The van der Waals surface area contributed by atoms with Gasteiger partial charge in [0, 0.05) is 5.92 Å². The molecule has 0 unspecified atom stereocenters. The molecule has 2 aliphatic rings. The highest BCUT2D eigenvalue weighted by molar-refractivity contribution is 5.92. The van der Waals surface area contributed by atoms with Crippen LogP contribution < -0.4 is 5.32 Å². The molecule has 0 heterocycles. The van der Waals surface area contributed by atoms with Gasteiger partial charge >= 0.3 is 0 Å². The maximum Gasteiger partial charge on any atom is 0.155 e. The van der Waals surface area contributed by atoms with Gasteiger partial charge in [-0.05, 0) is 32.7 Å². The summed E-state index contributed by atoms with van der Waals surface area (Å²) < 4.78 is 0. The molecular formula is C10H17NO. The van der Waals surface area contributed by atoms with Crippen molar-refractivity contribution in [2.75, 3.05) is 7.05 Å². The topological polar surface area (TPSA) is 29.1 Å². The van der Waals surface area contributed by atoms with E-state index in [1.54, 1.807) is 0 Å². The van der Waals surface area contributed by atoms with Crippen LogP contribution in [0.15, 0.2) is 0 Å². The molecule has 0 saturated heterocycles. The second-order valence-electron chi connectivity index (χ2n) is 4.18. The molecule has 0 bridgehead atoms. The van der Waals surface area contributed by atoms with Crippen molar-refractivity contribution in [3.8, 4) is 0 Å². The molecule has 2 rings (SSSR count). The third-order valence-corrected chi connectivity index (χ3v) is 3.36. The summed E-state index contributed by atoms with van der Waals surface area (Å²) in [5.74, 6) is 0.915. The van der Waals surface area contributed by atoms with Gasteiger partial charge in [0.1, 0.15) is 0 Å². The van der Waals surface area contributed by atoms with Crippen molar-refractivity contribution in [3.05, 3.63) is 0 Å². The van der Waals surface area contributed by atoms with Crippen molar-refractivity contribution in [3.63, 3.8) is 0 Å². The Morgan fingerprint density at radius 3 is 2.33 bits per heavy atom. The summed E-state index contributed by atoms with van der Waals surface area (Å²) in [6.07, 6.45) is 6.86. The highest BCUT2D eigenvalue weighted by Crippen LogP contribution is 2.40. The molecule has 1 N–H and O–H groups in total. The molecule has 0 radical (unpaired) electrons. The van der Waals surface area contributed by atoms with Crippen LogP contribution in [0.5, 0.6) is 0 Å². The average molecular weight is 167 g/mol. The number of likely N-dealkylation sites (N-methyl/N-ethyl adjacent to an activating group) is 1. The predicted octanol–water partition coefficient (Wildman–Crippen LogP) is 1.50. The lowest BCUT2D eigenvalue weighted by atomic mass is 9.89. The Labute approximate surface area is 73.7 Å². The molecule has 0 aliphatic heterocycles. The van der Waals surface area contributed by atoms with Gasteiger partial charge in [0.15, 0.2) is 5.78 Å². The summed E-state index contributed by atoms with van der Waals surface area (Å²) in [7, 11) is 1.94. The van der Waals surface area contributed by atoms with Crippen molar-refractivity contribution in [2.24, 2.45) is 5.92 Å². The molecule has 0 spiro atoms. The van der Waals surface area contributed by atoms with Gasteiger partial charge in [-0.15, -0.1) is 0 Å².